The fourth-order valence-corrected chi connectivity index (χ4v) is 3.88. The van der Waals surface area contributed by atoms with Crippen LogP contribution in [-0.4, -0.2) is 45.0 Å². The van der Waals surface area contributed by atoms with Gasteiger partial charge in [0, 0.05) is 30.5 Å². The monoisotopic (exact) mass is 283 g/mol. The Bertz CT molecular complexity index is 629. The molecule has 0 spiro atoms. The highest BCUT2D eigenvalue weighted by Gasteiger charge is 2.35. The molecule has 2 aliphatic rings. The van der Waals surface area contributed by atoms with E-state index in [1.807, 2.05) is 12.1 Å². The molecule has 4 rings (SSSR count). The van der Waals surface area contributed by atoms with Crippen LogP contribution in [0.25, 0.3) is 11.2 Å². The molecule has 2 fully saturated rings. The Balaban J connectivity index is 1.52. The summed E-state index contributed by atoms with van der Waals surface area (Å²) >= 11 is 0. The van der Waals surface area contributed by atoms with E-state index in [4.69, 9.17) is 0 Å². The molecule has 0 amide bonds. The molecule has 110 valence electrons. The zero-order valence-electron chi connectivity index (χ0n) is 12.4. The first-order valence-corrected chi connectivity index (χ1v) is 7.86. The van der Waals surface area contributed by atoms with Crippen molar-refractivity contribution >= 4 is 17.0 Å². The number of fused-ring (bicyclic) bond motifs is 3. The van der Waals surface area contributed by atoms with E-state index in [2.05, 4.69) is 32.2 Å². The minimum absolute atomic E-state index is 0.526. The molecule has 2 aliphatic heterocycles. The predicted molar refractivity (Wildman–Crippen MR) is 83.2 cm³/mol. The Kier molecular flexibility index (Phi) is 3.22. The van der Waals surface area contributed by atoms with E-state index in [9.17, 15) is 0 Å². The van der Waals surface area contributed by atoms with Crippen LogP contribution >= 0.6 is 0 Å². The van der Waals surface area contributed by atoms with Crippen molar-refractivity contribution in [2.75, 3.05) is 12.4 Å². The highest BCUT2D eigenvalue weighted by molar-refractivity contribution is 5.71. The van der Waals surface area contributed by atoms with Crippen molar-refractivity contribution in [2.24, 2.45) is 0 Å². The molecular formula is C16H21N5. The van der Waals surface area contributed by atoms with Crippen molar-refractivity contribution < 1.29 is 0 Å². The third kappa shape index (κ3) is 2.46. The number of aromatic nitrogens is 3. The zero-order chi connectivity index (χ0) is 14.2. The largest absolute Gasteiger partial charge is 0.367 e. The van der Waals surface area contributed by atoms with Crippen molar-refractivity contribution in [3.8, 4) is 0 Å². The van der Waals surface area contributed by atoms with Gasteiger partial charge in [-0.15, -0.1) is 0 Å². The number of piperidine rings is 2. The van der Waals surface area contributed by atoms with Gasteiger partial charge in [-0.3, -0.25) is 4.98 Å². The van der Waals surface area contributed by atoms with Crippen molar-refractivity contribution in [1.29, 1.82) is 0 Å². The van der Waals surface area contributed by atoms with Gasteiger partial charge in [0.25, 0.3) is 0 Å². The van der Waals surface area contributed by atoms with E-state index in [1.165, 1.54) is 32.1 Å². The Labute approximate surface area is 124 Å². The summed E-state index contributed by atoms with van der Waals surface area (Å²) in [5.74, 6) is 0.927. The summed E-state index contributed by atoms with van der Waals surface area (Å²) < 4.78 is 0. The van der Waals surface area contributed by atoms with Gasteiger partial charge < -0.3 is 10.2 Å². The van der Waals surface area contributed by atoms with Gasteiger partial charge >= 0.3 is 0 Å². The van der Waals surface area contributed by atoms with Gasteiger partial charge in [0.15, 0.2) is 5.65 Å². The van der Waals surface area contributed by atoms with Crippen LogP contribution in [-0.2, 0) is 0 Å². The van der Waals surface area contributed by atoms with Crippen LogP contribution in [0.1, 0.15) is 32.1 Å². The number of hydrogen-bond acceptors (Lipinski definition) is 5. The van der Waals surface area contributed by atoms with Crippen molar-refractivity contribution in [3.63, 3.8) is 0 Å². The molecule has 4 heterocycles. The molecule has 0 radical (unpaired) electrons. The van der Waals surface area contributed by atoms with E-state index >= 15 is 0 Å². The molecule has 1 N–H and O–H groups in total. The summed E-state index contributed by atoms with van der Waals surface area (Å²) in [5.41, 5.74) is 1.57. The summed E-state index contributed by atoms with van der Waals surface area (Å²) in [6.07, 6.45) is 9.88. The van der Waals surface area contributed by atoms with Crippen LogP contribution < -0.4 is 5.32 Å². The molecule has 2 saturated heterocycles. The maximum absolute atomic E-state index is 4.58. The van der Waals surface area contributed by atoms with Gasteiger partial charge in [-0.1, -0.05) is 6.42 Å². The molecule has 21 heavy (non-hydrogen) atoms. The second-order valence-corrected chi connectivity index (χ2v) is 6.31. The van der Waals surface area contributed by atoms with E-state index < -0.39 is 0 Å². The maximum atomic E-state index is 4.58. The minimum atomic E-state index is 0.526. The number of nitrogens with zero attached hydrogens (tertiary/aromatic N) is 4. The third-order valence-corrected chi connectivity index (χ3v) is 5.02. The van der Waals surface area contributed by atoms with E-state index in [0.717, 1.165) is 29.1 Å². The molecule has 5 heteroatoms. The van der Waals surface area contributed by atoms with Crippen LogP contribution in [0.15, 0.2) is 24.5 Å². The van der Waals surface area contributed by atoms with Crippen LogP contribution in [0.4, 0.5) is 5.82 Å². The van der Waals surface area contributed by atoms with Gasteiger partial charge in [-0.05, 0) is 44.9 Å². The Hall–Kier alpha value is -1.75. The summed E-state index contributed by atoms with van der Waals surface area (Å²) in [4.78, 5) is 15.7. The normalized spacial score (nSPS) is 29.5. The minimum Gasteiger partial charge on any atom is -0.367 e. The van der Waals surface area contributed by atoms with Crippen molar-refractivity contribution in [1.82, 2.24) is 19.9 Å². The summed E-state index contributed by atoms with van der Waals surface area (Å²) in [7, 11) is 2.29. The highest BCUT2D eigenvalue weighted by Crippen LogP contribution is 2.33. The molecule has 2 unspecified atom stereocenters. The van der Waals surface area contributed by atoms with E-state index in [1.54, 1.807) is 12.4 Å². The maximum Gasteiger partial charge on any atom is 0.180 e. The third-order valence-electron chi connectivity index (χ3n) is 5.02. The Morgan fingerprint density at radius 2 is 1.86 bits per heavy atom. The van der Waals surface area contributed by atoms with Gasteiger partial charge in [-0.2, -0.15) is 0 Å². The van der Waals surface area contributed by atoms with Crippen LogP contribution in [0.3, 0.4) is 0 Å². The average Bonchev–Trinajstić information content (AvgIpc) is 2.48. The lowest BCUT2D eigenvalue weighted by Gasteiger charge is -2.47. The second-order valence-electron chi connectivity index (χ2n) is 6.31. The molecule has 2 aromatic rings. The molecule has 0 saturated carbocycles. The molecule has 2 bridgehead atoms. The Morgan fingerprint density at radius 1 is 1.10 bits per heavy atom. The average molecular weight is 283 g/mol. The zero-order valence-corrected chi connectivity index (χ0v) is 12.4. The number of rotatable bonds is 2. The van der Waals surface area contributed by atoms with E-state index in [0.29, 0.717) is 6.04 Å². The van der Waals surface area contributed by atoms with Crippen LogP contribution in [0.5, 0.6) is 0 Å². The topological polar surface area (TPSA) is 53.9 Å². The fourth-order valence-electron chi connectivity index (χ4n) is 3.88. The van der Waals surface area contributed by atoms with Crippen LogP contribution in [0.2, 0.25) is 0 Å². The molecular weight excluding hydrogens is 262 g/mol. The van der Waals surface area contributed by atoms with Crippen LogP contribution in [0, 0.1) is 0 Å². The quantitative estimate of drug-likeness (QED) is 0.917. The summed E-state index contributed by atoms with van der Waals surface area (Å²) in [5, 5.41) is 3.62. The van der Waals surface area contributed by atoms with Gasteiger partial charge in [0.05, 0.1) is 0 Å². The smallest absolute Gasteiger partial charge is 0.180 e. The number of nitrogens with one attached hydrogen (secondary N) is 1. The van der Waals surface area contributed by atoms with Crippen molar-refractivity contribution in [3.05, 3.63) is 24.5 Å². The molecule has 2 aromatic heterocycles. The second kappa shape index (κ2) is 5.22. The SMILES string of the molecule is CN1C2CCCC1CC(Nc1ccc3nccnc3n1)C2. The number of anilines is 1. The molecule has 0 aromatic carbocycles. The molecule has 0 aliphatic carbocycles. The number of hydrogen-bond donors (Lipinski definition) is 1. The standard InChI is InChI=1S/C16H21N5/c1-21-12-3-2-4-13(21)10-11(9-12)19-15-6-5-14-16(20-15)18-8-7-17-14/h5-8,11-13H,2-4,9-10H2,1H3,(H,18,19,20). The number of pyridine rings is 1. The molecule has 5 nitrogen and oxygen atoms in total. The molecule has 2 atom stereocenters. The summed E-state index contributed by atoms with van der Waals surface area (Å²) in [6.45, 7) is 0. The lowest BCUT2D eigenvalue weighted by molar-refractivity contribution is 0.0608. The van der Waals surface area contributed by atoms with Gasteiger partial charge in [-0.25, -0.2) is 9.97 Å². The first-order valence-electron chi connectivity index (χ1n) is 7.86. The first-order chi connectivity index (χ1) is 10.3. The fraction of sp³-hybridized carbons (Fsp3) is 0.562. The lowest BCUT2D eigenvalue weighted by atomic mass is 9.82. The Morgan fingerprint density at radius 3 is 2.67 bits per heavy atom. The highest BCUT2D eigenvalue weighted by atomic mass is 15.2. The summed E-state index contributed by atoms with van der Waals surface area (Å²) in [6, 6.07) is 6.00. The van der Waals surface area contributed by atoms with Gasteiger partial charge in [0.2, 0.25) is 0 Å². The lowest BCUT2D eigenvalue weighted by Crippen LogP contribution is -2.52. The first kappa shape index (κ1) is 13.0. The predicted octanol–water partition coefficient (Wildman–Crippen LogP) is 2.45. The van der Waals surface area contributed by atoms with Crippen molar-refractivity contribution in [2.45, 2.75) is 50.2 Å². The van der Waals surface area contributed by atoms with Gasteiger partial charge in [0.1, 0.15) is 11.3 Å². The van der Waals surface area contributed by atoms with E-state index in [-0.39, 0.29) is 0 Å².